The highest BCUT2D eigenvalue weighted by Gasteiger charge is 2.10. The van der Waals surface area contributed by atoms with Gasteiger partial charge in [-0.25, -0.2) is 0 Å². The van der Waals surface area contributed by atoms with Crippen LogP contribution in [0.25, 0.3) is 6.08 Å². The lowest BCUT2D eigenvalue weighted by Gasteiger charge is -2.13. The molecule has 4 nitrogen and oxygen atoms in total. The minimum absolute atomic E-state index is 0.0559. The van der Waals surface area contributed by atoms with E-state index < -0.39 is 0 Å². The fraction of sp³-hybridized carbons (Fsp3) is 0.417. The second kappa shape index (κ2) is 10.8. The molecular formula is C24H32O4. The Balaban J connectivity index is 2.18. The Hall–Kier alpha value is -2.46. The van der Waals surface area contributed by atoms with Gasteiger partial charge in [0.05, 0.1) is 33.5 Å². The molecule has 0 heterocycles. The summed E-state index contributed by atoms with van der Waals surface area (Å²) in [5.74, 6) is 2.99. The monoisotopic (exact) mass is 384 g/mol. The van der Waals surface area contributed by atoms with E-state index in [0.29, 0.717) is 17.4 Å². The predicted octanol–water partition coefficient (Wildman–Crippen LogP) is 5.05. The van der Waals surface area contributed by atoms with Crippen molar-refractivity contribution in [2.24, 2.45) is 5.92 Å². The van der Waals surface area contributed by atoms with Gasteiger partial charge >= 0.3 is 0 Å². The molecule has 2 aromatic carbocycles. The largest absolute Gasteiger partial charge is 0.496 e. The zero-order valence-corrected chi connectivity index (χ0v) is 17.6. The van der Waals surface area contributed by atoms with Gasteiger partial charge < -0.3 is 19.3 Å². The summed E-state index contributed by atoms with van der Waals surface area (Å²) in [6.07, 6.45) is 7.04. The third kappa shape index (κ3) is 5.77. The smallest absolute Gasteiger partial charge is 0.130 e. The van der Waals surface area contributed by atoms with E-state index in [1.807, 2.05) is 18.2 Å². The first kappa shape index (κ1) is 21.8. The van der Waals surface area contributed by atoms with E-state index in [4.69, 9.17) is 14.2 Å². The van der Waals surface area contributed by atoms with E-state index in [1.54, 1.807) is 21.3 Å². The topological polar surface area (TPSA) is 47.9 Å². The number of rotatable bonds is 10. The van der Waals surface area contributed by atoms with Gasteiger partial charge in [0.2, 0.25) is 0 Å². The van der Waals surface area contributed by atoms with E-state index in [0.717, 1.165) is 36.1 Å². The van der Waals surface area contributed by atoms with Crippen LogP contribution in [-0.4, -0.2) is 26.4 Å². The van der Waals surface area contributed by atoms with Crippen molar-refractivity contribution in [3.05, 3.63) is 58.7 Å². The van der Waals surface area contributed by atoms with Crippen LogP contribution in [0.4, 0.5) is 0 Å². The summed E-state index contributed by atoms with van der Waals surface area (Å²) in [6.45, 7) is 4.42. The van der Waals surface area contributed by atoms with Gasteiger partial charge in [-0.2, -0.15) is 0 Å². The van der Waals surface area contributed by atoms with Crippen LogP contribution in [0.1, 0.15) is 42.5 Å². The van der Waals surface area contributed by atoms with E-state index in [2.05, 4.69) is 38.1 Å². The molecule has 2 rings (SSSR count). The number of benzene rings is 2. The normalized spacial score (nSPS) is 11.2. The second-order valence-corrected chi connectivity index (χ2v) is 7.26. The molecule has 0 unspecified atom stereocenters. The van der Waals surface area contributed by atoms with Gasteiger partial charge in [-0.05, 0) is 60.1 Å². The van der Waals surface area contributed by atoms with E-state index >= 15 is 0 Å². The summed E-state index contributed by atoms with van der Waals surface area (Å²) in [4.78, 5) is 0. The van der Waals surface area contributed by atoms with Crippen molar-refractivity contribution in [3.8, 4) is 17.2 Å². The fourth-order valence-corrected chi connectivity index (χ4v) is 3.13. The molecule has 0 atom stereocenters. The number of aryl methyl sites for hydroxylation is 1. The Morgan fingerprint density at radius 1 is 0.893 bits per heavy atom. The number of aliphatic hydroxyl groups excluding tert-OH is 1. The van der Waals surface area contributed by atoms with Crippen molar-refractivity contribution in [1.82, 2.24) is 0 Å². The summed E-state index contributed by atoms with van der Waals surface area (Å²) < 4.78 is 16.5. The molecular weight excluding hydrogens is 352 g/mol. The van der Waals surface area contributed by atoms with Crippen molar-refractivity contribution in [2.75, 3.05) is 21.3 Å². The second-order valence-electron chi connectivity index (χ2n) is 7.26. The molecule has 0 aliphatic rings. The quantitative estimate of drug-likeness (QED) is 0.623. The zero-order valence-electron chi connectivity index (χ0n) is 17.6. The number of hydrogen-bond acceptors (Lipinski definition) is 4. The first-order valence-electron chi connectivity index (χ1n) is 9.70. The number of allylic oxidation sites excluding steroid dienone is 1. The molecule has 0 radical (unpaired) electrons. The molecule has 0 aromatic heterocycles. The average Bonchev–Trinajstić information content (AvgIpc) is 2.72. The SMILES string of the molecule is COc1cc(C/C=C/c2c(OC)cc(CO)cc2OC)ccc1CCC(C)C. The standard InChI is InChI=1S/C24H32O4/c1-17(2)9-11-20-12-10-18(13-22(20)26-3)7-6-8-21-23(27-4)14-19(16-25)15-24(21)28-5/h6,8,10,12-15,17,25H,7,9,11,16H2,1-5H3/b8-6+. The van der Waals surface area contributed by atoms with Crippen LogP contribution in [0.3, 0.4) is 0 Å². The van der Waals surface area contributed by atoms with Gasteiger partial charge in [0.15, 0.2) is 0 Å². The summed E-state index contributed by atoms with van der Waals surface area (Å²) in [5, 5.41) is 9.39. The molecule has 4 heteroatoms. The summed E-state index contributed by atoms with van der Waals surface area (Å²) in [5.41, 5.74) is 4.06. The van der Waals surface area contributed by atoms with Crippen LogP contribution < -0.4 is 14.2 Å². The molecule has 0 saturated carbocycles. The molecule has 0 bridgehead atoms. The van der Waals surface area contributed by atoms with Crippen LogP contribution in [0.2, 0.25) is 0 Å². The van der Waals surface area contributed by atoms with E-state index in [-0.39, 0.29) is 6.61 Å². The Bertz CT molecular complexity index is 768. The molecule has 2 aromatic rings. The minimum Gasteiger partial charge on any atom is -0.496 e. The number of hydrogen-bond donors (Lipinski definition) is 1. The zero-order chi connectivity index (χ0) is 20.5. The third-order valence-corrected chi connectivity index (χ3v) is 4.77. The van der Waals surface area contributed by atoms with Crippen LogP contribution in [0.5, 0.6) is 17.2 Å². The van der Waals surface area contributed by atoms with Gasteiger partial charge in [0.1, 0.15) is 17.2 Å². The van der Waals surface area contributed by atoms with Gasteiger partial charge in [0, 0.05) is 0 Å². The lowest BCUT2D eigenvalue weighted by atomic mass is 9.99. The van der Waals surface area contributed by atoms with E-state index in [9.17, 15) is 5.11 Å². The van der Waals surface area contributed by atoms with Crippen LogP contribution in [0, 0.1) is 5.92 Å². The van der Waals surface area contributed by atoms with Gasteiger partial charge in [-0.1, -0.05) is 38.1 Å². The first-order chi connectivity index (χ1) is 13.5. The van der Waals surface area contributed by atoms with Gasteiger partial charge in [-0.15, -0.1) is 0 Å². The predicted molar refractivity (Wildman–Crippen MR) is 114 cm³/mol. The Labute approximate surface area is 168 Å². The number of aliphatic hydroxyl groups is 1. The van der Waals surface area contributed by atoms with Gasteiger partial charge in [-0.3, -0.25) is 0 Å². The first-order valence-corrected chi connectivity index (χ1v) is 9.70. The molecule has 0 spiro atoms. The Morgan fingerprint density at radius 3 is 2.04 bits per heavy atom. The maximum Gasteiger partial charge on any atom is 0.130 e. The third-order valence-electron chi connectivity index (χ3n) is 4.77. The van der Waals surface area contributed by atoms with Crippen LogP contribution in [0.15, 0.2) is 36.4 Å². The highest BCUT2D eigenvalue weighted by atomic mass is 16.5. The maximum atomic E-state index is 9.39. The highest BCUT2D eigenvalue weighted by Crippen LogP contribution is 2.32. The molecule has 0 aliphatic carbocycles. The molecule has 0 aliphatic heterocycles. The van der Waals surface area contributed by atoms with Crippen molar-refractivity contribution in [1.29, 1.82) is 0 Å². The maximum absolute atomic E-state index is 9.39. The van der Waals surface area contributed by atoms with Gasteiger partial charge in [0.25, 0.3) is 0 Å². The molecule has 1 N–H and O–H groups in total. The molecule has 152 valence electrons. The van der Waals surface area contributed by atoms with Crippen LogP contribution in [-0.2, 0) is 19.4 Å². The van der Waals surface area contributed by atoms with Crippen molar-refractivity contribution < 1.29 is 19.3 Å². The molecule has 28 heavy (non-hydrogen) atoms. The fourth-order valence-electron chi connectivity index (χ4n) is 3.13. The van der Waals surface area contributed by atoms with Crippen molar-refractivity contribution in [2.45, 2.75) is 39.7 Å². The Kier molecular flexibility index (Phi) is 8.40. The summed E-state index contributed by atoms with van der Waals surface area (Å²) >= 11 is 0. The summed E-state index contributed by atoms with van der Waals surface area (Å²) in [6, 6.07) is 10.1. The molecule has 0 saturated heterocycles. The lowest BCUT2D eigenvalue weighted by Crippen LogP contribution is -1.97. The highest BCUT2D eigenvalue weighted by molar-refractivity contribution is 5.65. The lowest BCUT2D eigenvalue weighted by molar-refractivity contribution is 0.280. The molecule has 0 fully saturated rings. The minimum atomic E-state index is -0.0559. The average molecular weight is 385 g/mol. The van der Waals surface area contributed by atoms with Crippen LogP contribution >= 0.6 is 0 Å². The number of methoxy groups -OCH3 is 3. The van der Waals surface area contributed by atoms with Crippen molar-refractivity contribution >= 4 is 6.08 Å². The number of ether oxygens (including phenoxy) is 3. The van der Waals surface area contributed by atoms with E-state index in [1.165, 1.54) is 11.1 Å². The summed E-state index contributed by atoms with van der Waals surface area (Å²) in [7, 11) is 4.97. The molecule has 0 amide bonds. The Morgan fingerprint density at radius 2 is 1.50 bits per heavy atom. The van der Waals surface area contributed by atoms with Crippen molar-refractivity contribution in [3.63, 3.8) is 0 Å².